The molecule has 1 aromatic rings. The van der Waals surface area contributed by atoms with Gasteiger partial charge in [-0.05, 0) is 31.4 Å². The molecule has 0 aromatic carbocycles. The zero-order chi connectivity index (χ0) is 14.9. The number of hydrogen-bond donors (Lipinski definition) is 1. The predicted molar refractivity (Wildman–Crippen MR) is 86.6 cm³/mol. The van der Waals surface area contributed by atoms with Crippen molar-refractivity contribution in [1.82, 2.24) is 9.88 Å². The summed E-state index contributed by atoms with van der Waals surface area (Å²) >= 11 is 0. The summed E-state index contributed by atoms with van der Waals surface area (Å²) < 4.78 is 0. The average Bonchev–Trinajstić information content (AvgIpc) is 2.80. The summed E-state index contributed by atoms with van der Waals surface area (Å²) in [7, 11) is 0. The molecule has 1 aliphatic heterocycles. The lowest BCUT2D eigenvalue weighted by molar-refractivity contribution is 0.0756. The number of nitrogens with zero attached hydrogens (tertiary/aromatic N) is 2. The van der Waals surface area contributed by atoms with Crippen LogP contribution in [0.5, 0.6) is 0 Å². The zero-order valence-electron chi connectivity index (χ0n) is 13.1. The van der Waals surface area contributed by atoms with Crippen LogP contribution in [-0.2, 0) is 0 Å². The maximum atomic E-state index is 12.5. The summed E-state index contributed by atoms with van der Waals surface area (Å²) in [5, 5.41) is 3.38. The maximum absolute atomic E-state index is 12.5. The third kappa shape index (κ3) is 5.03. The number of anilines is 1. The van der Waals surface area contributed by atoms with Crippen molar-refractivity contribution in [3.63, 3.8) is 0 Å². The number of amides is 1. The van der Waals surface area contributed by atoms with E-state index in [0.717, 1.165) is 44.6 Å². The van der Waals surface area contributed by atoms with Gasteiger partial charge >= 0.3 is 0 Å². The molecule has 1 saturated heterocycles. The normalized spacial score (nSPS) is 15.6. The molecule has 4 nitrogen and oxygen atoms in total. The molecule has 116 valence electrons. The monoisotopic (exact) mass is 289 g/mol. The fourth-order valence-electron chi connectivity index (χ4n) is 2.70. The first-order valence-corrected chi connectivity index (χ1v) is 8.30. The number of likely N-dealkylation sites (tertiary alicyclic amines) is 1. The van der Waals surface area contributed by atoms with Gasteiger partial charge in [0.05, 0.1) is 0 Å². The molecule has 0 saturated carbocycles. The van der Waals surface area contributed by atoms with E-state index in [0.29, 0.717) is 5.69 Å². The van der Waals surface area contributed by atoms with E-state index in [1.54, 1.807) is 6.20 Å². The minimum absolute atomic E-state index is 0.0779. The van der Waals surface area contributed by atoms with Crippen LogP contribution in [0.1, 0.15) is 62.4 Å². The summed E-state index contributed by atoms with van der Waals surface area (Å²) in [6.07, 6.45) is 10.0. The van der Waals surface area contributed by atoms with E-state index in [1.807, 2.05) is 17.0 Å². The van der Waals surface area contributed by atoms with Crippen LogP contribution in [0.25, 0.3) is 0 Å². The number of carbonyl (C=O) groups excluding carboxylic acids is 1. The van der Waals surface area contributed by atoms with Gasteiger partial charge in [0.2, 0.25) is 0 Å². The molecule has 1 amide bonds. The van der Waals surface area contributed by atoms with Gasteiger partial charge in [0.1, 0.15) is 5.69 Å². The molecule has 1 fully saturated rings. The highest BCUT2D eigenvalue weighted by molar-refractivity contribution is 5.93. The second kappa shape index (κ2) is 8.65. The van der Waals surface area contributed by atoms with Crippen molar-refractivity contribution in [3.05, 3.63) is 24.0 Å². The molecule has 1 aromatic heterocycles. The summed E-state index contributed by atoms with van der Waals surface area (Å²) in [5.74, 6) is 0.0779. The molecule has 0 spiro atoms. The minimum Gasteiger partial charge on any atom is -0.385 e. The van der Waals surface area contributed by atoms with E-state index in [4.69, 9.17) is 0 Å². The Balaban J connectivity index is 1.93. The largest absolute Gasteiger partial charge is 0.385 e. The summed E-state index contributed by atoms with van der Waals surface area (Å²) in [5.41, 5.74) is 1.57. The lowest BCUT2D eigenvalue weighted by Crippen LogP contribution is -2.32. The topological polar surface area (TPSA) is 45.2 Å². The number of rotatable bonds is 6. The van der Waals surface area contributed by atoms with Crippen LogP contribution < -0.4 is 5.32 Å². The molecule has 2 rings (SSSR count). The number of hydrogen-bond acceptors (Lipinski definition) is 3. The maximum Gasteiger partial charge on any atom is 0.272 e. The van der Waals surface area contributed by atoms with Crippen molar-refractivity contribution in [2.45, 2.75) is 51.9 Å². The van der Waals surface area contributed by atoms with E-state index < -0.39 is 0 Å². The molecule has 21 heavy (non-hydrogen) atoms. The van der Waals surface area contributed by atoms with Crippen molar-refractivity contribution in [2.75, 3.05) is 25.0 Å². The zero-order valence-corrected chi connectivity index (χ0v) is 13.1. The number of aromatic nitrogens is 1. The highest BCUT2D eigenvalue weighted by atomic mass is 16.2. The van der Waals surface area contributed by atoms with Crippen molar-refractivity contribution in [3.8, 4) is 0 Å². The van der Waals surface area contributed by atoms with Crippen molar-refractivity contribution >= 4 is 11.6 Å². The standard InChI is InChI=1S/C17H27N3O/c1-2-3-6-10-18-15-9-11-19-16(14-15)17(21)20-12-7-4-5-8-13-20/h9,11,14H,2-8,10,12-13H2,1H3,(H,18,19). The number of carbonyl (C=O) groups is 1. The fraction of sp³-hybridized carbons (Fsp3) is 0.647. The molecule has 0 radical (unpaired) electrons. The van der Waals surface area contributed by atoms with Crippen LogP contribution in [0.3, 0.4) is 0 Å². The summed E-state index contributed by atoms with van der Waals surface area (Å²) in [6.45, 7) is 4.89. The second-order valence-corrected chi connectivity index (χ2v) is 5.77. The minimum atomic E-state index is 0.0779. The van der Waals surface area contributed by atoms with Gasteiger partial charge in [-0.15, -0.1) is 0 Å². The van der Waals surface area contributed by atoms with Gasteiger partial charge in [-0.25, -0.2) is 0 Å². The first kappa shape index (κ1) is 15.8. The molecule has 0 aliphatic carbocycles. The van der Waals surface area contributed by atoms with Crippen LogP contribution in [-0.4, -0.2) is 35.4 Å². The average molecular weight is 289 g/mol. The van der Waals surface area contributed by atoms with Gasteiger partial charge in [-0.3, -0.25) is 9.78 Å². The predicted octanol–water partition coefficient (Wildman–Crippen LogP) is 3.70. The number of nitrogens with one attached hydrogen (secondary N) is 1. The van der Waals surface area contributed by atoms with Gasteiger partial charge in [0.25, 0.3) is 5.91 Å². The molecule has 0 unspecified atom stereocenters. The smallest absolute Gasteiger partial charge is 0.272 e. The van der Waals surface area contributed by atoms with Gasteiger partial charge < -0.3 is 10.2 Å². The van der Waals surface area contributed by atoms with Crippen LogP contribution in [0.15, 0.2) is 18.3 Å². The first-order valence-electron chi connectivity index (χ1n) is 8.30. The van der Waals surface area contributed by atoms with Gasteiger partial charge in [-0.1, -0.05) is 32.6 Å². The van der Waals surface area contributed by atoms with E-state index in [2.05, 4.69) is 17.2 Å². The van der Waals surface area contributed by atoms with Crippen LogP contribution in [0.2, 0.25) is 0 Å². The molecule has 0 bridgehead atoms. The Bertz CT molecular complexity index is 439. The first-order chi connectivity index (χ1) is 10.3. The van der Waals surface area contributed by atoms with Crippen molar-refractivity contribution in [1.29, 1.82) is 0 Å². The molecule has 4 heteroatoms. The van der Waals surface area contributed by atoms with Crippen molar-refractivity contribution < 1.29 is 4.79 Å². The van der Waals surface area contributed by atoms with Gasteiger partial charge in [0, 0.05) is 31.5 Å². The van der Waals surface area contributed by atoms with Crippen LogP contribution >= 0.6 is 0 Å². The highest BCUT2D eigenvalue weighted by Gasteiger charge is 2.18. The Labute approximate surface area is 127 Å². The lowest BCUT2D eigenvalue weighted by atomic mass is 10.2. The van der Waals surface area contributed by atoms with Crippen LogP contribution in [0.4, 0.5) is 5.69 Å². The molecule has 0 atom stereocenters. The fourth-order valence-corrected chi connectivity index (χ4v) is 2.70. The Morgan fingerprint density at radius 2 is 2.00 bits per heavy atom. The molecular weight excluding hydrogens is 262 g/mol. The van der Waals surface area contributed by atoms with E-state index in [9.17, 15) is 4.79 Å². The molecule has 2 heterocycles. The lowest BCUT2D eigenvalue weighted by Gasteiger charge is -2.20. The number of unbranched alkanes of at least 4 members (excludes halogenated alkanes) is 2. The van der Waals surface area contributed by atoms with Crippen LogP contribution in [0, 0.1) is 0 Å². The highest BCUT2D eigenvalue weighted by Crippen LogP contribution is 2.15. The van der Waals surface area contributed by atoms with Crippen molar-refractivity contribution in [2.24, 2.45) is 0 Å². The molecular formula is C17H27N3O. The summed E-state index contributed by atoms with van der Waals surface area (Å²) in [4.78, 5) is 18.7. The van der Waals surface area contributed by atoms with Gasteiger partial charge in [-0.2, -0.15) is 0 Å². The second-order valence-electron chi connectivity index (χ2n) is 5.77. The van der Waals surface area contributed by atoms with Gasteiger partial charge in [0.15, 0.2) is 0 Å². The SMILES string of the molecule is CCCCCNc1ccnc(C(=O)N2CCCCCC2)c1. The quantitative estimate of drug-likeness (QED) is 0.812. The molecule has 1 aliphatic rings. The third-order valence-electron chi connectivity index (χ3n) is 3.98. The Kier molecular flexibility index (Phi) is 6.51. The van der Waals surface area contributed by atoms with E-state index in [-0.39, 0.29) is 5.91 Å². The van der Waals surface area contributed by atoms with E-state index in [1.165, 1.54) is 25.7 Å². The Morgan fingerprint density at radius 3 is 2.71 bits per heavy atom. The summed E-state index contributed by atoms with van der Waals surface area (Å²) in [6, 6.07) is 3.82. The Morgan fingerprint density at radius 1 is 1.24 bits per heavy atom. The number of pyridine rings is 1. The Hall–Kier alpha value is -1.58. The van der Waals surface area contributed by atoms with E-state index >= 15 is 0 Å². The third-order valence-corrected chi connectivity index (χ3v) is 3.98. The molecule has 1 N–H and O–H groups in total.